The van der Waals surface area contributed by atoms with Crippen molar-refractivity contribution in [2.75, 3.05) is 6.61 Å². The third kappa shape index (κ3) is 34.1. The Hall–Kier alpha value is -1.73. The maximum Gasteiger partial charge on any atom is 0.249 e. The highest BCUT2D eigenvalue weighted by Gasteiger charge is 2.28. The Morgan fingerprint density at radius 2 is 0.865 bits per heavy atom. The van der Waals surface area contributed by atoms with Crippen LogP contribution in [0.15, 0.2) is 48.6 Å². The minimum absolute atomic E-state index is 0.346. The zero-order valence-electron chi connectivity index (χ0n) is 34.0. The summed E-state index contributed by atoms with van der Waals surface area (Å²) in [5.41, 5.74) is 0. The first-order chi connectivity index (χ1) is 25.5. The first kappa shape index (κ1) is 50.3. The van der Waals surface area contributed by atoms with E-state index < -0.39 is 36.9 Å². The average Bonchev–Trinajstić information content (AvgIpc) is 3.15. The number of nitrogens with one attached hydrogen (secondary N) is 1. The lowest BCUT2D eigenvalue weighted by Gasteiger charge is -2.27. The van der Waals surface area contributed by atoms with Crippen molar-refractivity contribution in [3.05, 3.63) is 48.6 Å². The van der Waals surface area contributed by atoms with E-state index in [1.165, 1.54) is 116 Å². The summed E-state index contributed by atoms with van der Waals surface area (Å²) in [6.45, 7) is 4.00. The summed E-state index contributed by atoms with van der Waals surface area (Å²) in [5.74, 6) is -0.608. The van der Waals surface area contributed by atoms with Crippen LogP contribution >= 0.6 is 0 Å². The number of hydrogen-bond donors (Lipinski definition) is 5. The van der Waals surface area contributed by atoms with Crippen molar-refractivity contribution >= 4 is 5.91 Å². The molecule has 4 unspecified atom stereocenters. The Labute approximate surface area is 321 Å². The second-order valence-corrected chi connectivity index (χ2v) is 15.0. The van der Waals surface area contributed by atoms with E-state index in [2.05, 4.69) is 67.8 Å². The summed E-state index contributed by atoms with van der Waals surface area (Å²) < 4.78 is 0. The highest BCUT2D eigenvalue weighted by molar-refractivity contribution is 5.80. The number of unbranched alkanes of at least 4 members (excludes halogenated alkanes) is 22. The van der Waals surface area contributed by atoms with Crippen molar-refractivity contribution in [2.24, 2.45) is 0 Å². The van der Waals surface area contributed by atoms with Crippen molar-refractivity contribution in [1.82, 2.24) is 5.32 Å². The number of hydrogen-bond acceptors (Lipinski definition) is 5. The number of aliphatic hydroxyl groups is 4. The summed E-state index contributed by atoms with van der Waals surface area (Å²) in [6.07, 6.45) is 48.5. The van der Waals surface area contributed by atoms with Gasteiger partial charge in [-0.3, -0.25) is 4.79 Å². The largest absolute Gasteiger partial charge is 0.394 e. The van der Waals surface area contributed by atoms with Crippen molar-refractivity contribution < 1.29 is 25.2 Å². The van der Waals surface area contributed by atoms with Gasteiger partial charge in [-0.15, -0.1) is 0 Å². The highest BCUT2D eigenvalue weighted by atomic mass is 16.3. The van der Waals surface area contributed by atoms with Gasteiger partial charge >= 0.3 is 0 Å². The second kappa shape index (κ2) is 40.5. The molecule has 52 heavy (non-hydrogen) atoms. The van der Waals surface area contributed by atoms with Gasteiger partial charge in [0.25, 0.3) is 0 Å². The minimum Gasteiger partial charge on any atom is -0.394 e. The quantitative estimate of drug-likeness (QED) is 0.0319. The average molecular weight is 732 g/mol. The van der Waals surface area contributed by atoms with E-state index in [0.29, 0.717) is 19.3 Å². The molecule has 304 valence electrons. The maximum absolute atomic E-state index is 12.5. The molecule has 0 saturated carbocycles. The molecule has 5 N–H and O–H groups in total. The van der Waals surface area contributed by atoms with Crippen LogP contribution in [0.4, 0.5) is 0 Å². The number of aliphatic hydroxyl groups excluding tert-OH is 4. The van der Waals surface area contributed by atoms with E-state index in [0.717, 1.165) is 57.8 Å². The predicted molar refractivity (Wildman–Crippen MR) is 223 cm³/mol. The Balaban J connectivity index is 3.84. The topological polar surface area (TPSA) is 110 Å². The number of amides is 1. The molecule has 6 nitrogen and oxygen atoms in total. The molecule has 0 aromatic carbocycles. The lowest BCUT2D eigenvalue weighted by molar-refractivity contribution is -0.132. The molecular weight excluding hydrogens is 647 g/mol. The van der Waals surface area contributed by atoms with Crippen molar-refractivity contribution in [3.63, 3.8) is 0 Å². The lowest BCUT2D eigenvalue weighted by atomic mass is 10.00. The summed E-state index contributed by atoms with van der Waals surface area (Å²) in [5, 5.41) is 43.6. The molecule has 0 bridgehead atoms. The highest BCUT2D eigenvalue weighted by Crippen LogP contribution is 2.14. The number of carbonyl (C=O) groups is 1. The van der Waals surface area contributed by atoms with Crippen LogP contribution in [-0.4, -0.2) is 57.3 Å². The number of allylic oxidation sites excluding steroid dienone is 8. The molecule has 0 aliphatic rings. The fraction of sp³-hybridized carbons (Fsp3) is 0.804. The number of carbonyl (C=O) groups excluding carboxylic acids is 1. The molecule has 6 heteroatoms. The zero-order valence-corrected chi connectivity index (χ0v) is 34.0. The van der Waals surface area contributed by atoms with Gasteiger partial charge in [0, 0.05) is 0 Å². The van der Waals surface area contributed by atoms with E-state index >= 15 is 0 Å². The summed E-state index contributed by atoms with van der Waals surface area (Å²) >= 11 is 0. The van der Waals surface area contributed by atoms with Crippen LogP contribution in [0.3, 0.4) is 0 Å². The minimum atomic E-state index is -1.29. The van der Waals surface area contributed by atoms with E-state index in [1.54, 1.807) is 0 Å². The van der Waals surface area contributed by atoms with Crippen LogP contribution in [0.2, 0.25) is 0 Å². The maximum atomic E-state index is 12.5. The number of rotatable bonds is 39. The van der Waals surface area contributed by atoms with Gasteiger partial charge in [-0.05, 0) is 83.5 Å². The molecule has 0 saturated heterocycles. The molecule has 4 atom stereocenters. The lowest BCUT2D eigenvalue weighted by Crippen LogP contribution is -2.53. The molecule has 0 aromatic heterocycles. The first-order valence-electron chi connectivity index (χ1n) is 22.0. The van der Waals surface area contributed by atoms with Crippen molar-refractivity contribution in [1.29, 1.82) is 0 Å². The summed E-state index contributed by atoms with van der Waals surface area (Å²) in [7, 11) is 0. The van der Waals surface area contributed by atoms with Crippen molar-refractivity contribution in [2.45, 2.75) is 231 Å². The molecule has 0 spiro atoms. The van der Waals surface area contributed by atoms with Crippen LogP contribution in [-0.2, 0) is 4.79 Å². The van der Waals surface area contributed by atoms with Gasteiger partial charge < -0.3 is 25.7 Å². The van der Waals surface area contributed by atoms with Gasteiger partial charge in [-0.1, -0.05) is 172 Å². The SMILES string of the molecule is CCCCC/C=C\C/C=C\CCCCCCCCC(O)C(=O)NC(CO)C(O)C(O)CCC/C=C/CC/C=C/CCCCCCCCCCCCC. The van der Waals surface area contributed by atoms with Gasteiger partial charge in [0.1, 0.15) is 12.2 Å². The van der Waals surface area contributed by atoms with Gasteiger partial charge in [0.05, 0.1) is 18.8 Å². The smallest absolute Gasteiger partial charge is 0.249 e. The zero-order chi connectivity index (χ0) is 38.2. The van der Waals surface area contributed by atoms with E-state index in [1.807, 2.05) is 0 Å². The molecular formula is C46H85NO5. The Morgan fingerprint density at radius 3 is 1.37 bits per heavy atom. The summed E-state index contributed by atoms with van der Waals surface area (Å²) in [6, 6.07) is -1.01. The van der Waals surface area contributed by atoms with Gasteiger partial charge in [-0.25, -0.2) is 0 Å². The fourth-order valence-electron chi connectivity index (χ4n) is 6.45. The Morgan fingerprint density at radius 1 is 0.481 bits per heavy atom. The van der Waals surface area contributed by atoms with Crippen LogP contribution < -0.4 is 5.32 Å². The third-order valence-electron chi connectivity index (χ3n) is 9.99. The predicted octanol–water partition coefficient (Wildman–Crippen LogP) is 11.5. The molecule has 0 rings (SSSR count). The van der Waals surface area contributed by atoms with E-state index in [-0.39, 0.29) is 0 Å². The Kier molecular flexibility index (Phi) is 39.1. The van der Waals surface area contributed by atoms with Crippen LogP contribution in [0.1, 0.15) is 206 Å². The van der Waals surface area contributed by atoms with Gasteiger partial charge in [-0.2, -0.15) is 0 Å². The monoisotopic (exact) mass is 732 g/mol. The molecule has 0 fully saturated rings. The molecule has 0 aliphatic carbocycles. The van der Waals surface area contributed by atoms with E-state index in [4.69, 9.17) is 0 Å². The Bertz CT molecular complexity index is 869. The van der Waals surface area contributed by atoms with Crippen LogP contribution in [0, 0.1) is 0 Å². The van der Waals surface area contributed by atoms with Crippen LogP contribution in [0.5, 0.6) is 0 Å². The fourth-order valence-corrected chi connectivity index (χ4v) is 6.45. The van der Waals surface area contributed by atoms with Crippen molar-refractivity contribution in [3.8, 4) is 0 Å². The normalized spacial score (nSPS) is 14.7. The van der Waals surface area contributed by atoms with E-state index in [9.17, 15) is 25.2 Å². The summed E-state index contributed by atoms with van der Waals surface area (Å²) in [4.78, 5) is 12.5. The molecule has 0 aromatic rings. The molecule has 0 radical (unpaired) electrons. The molecule has 1 amide bonds. The molecule has 0 aliphatic heterocycles. The standard InChI is InChI=1S/C46H85NO5/c1-3-5-7-9-11-13-15-17-19-21-22-23-24-26-27-29-31-33-35-37-39-43(49)45(51)42(41-48)47-46(52)44(50)40-38-36-34-32-30-28-25-20-18-16-14-12-10-8-6-4-2/h12,14,18,20,24,26,31,33,42-45,48-51H,3-11,13,15-17,19,21-23,25,27-30,32,34-41H2,1-2H3,(H,47,52)/b14-12-,20-18-,26-24+,33-31+. The third-order valence-corrected chi connectivity index (χ3v) is 9.99. The first-order valence-corrected chi connectivity index (χ1v) is 22.0. The van der Waals surface area contributed by atoms with Gasteiger partial charge in [0.2, 0.25) is 5.91 Å². The van der Waals surface area contributed by atoms with Crippen LogP contribution in [0.25, 0.3) is 0 Å². The van der Waals surface area contributed by atoms with Gasteiger partial charge in [0.15, 0.2) is 0 Å². The molecule has 0 heterocycles. The second-order valence-electron chi connectivity index (χ2n) is 15.0.